The Balaban J connectivity index is 2.82. The van der Waals surface area contributed by atoms with Gasteiger partial charge in [-0.1, -0.05) is 30.8 Å². The molecule has 0 heterocycles. The van der Waals surface area contributed by atoms with E-state index in [1.807, 2.05) is 38.1 Å². The van der Waals surface area contributed by atoms with Crippen LogP contribution >= 0.6 is 12.6 Å². The molecule has 65 valence electrons. The van der Waals surface area contributed by atoms with Crippen molar-refractivity contribution in [2.45, 2.75) is 25.7 Å². The highest BCUT2D eigenvalue weighted by atomic mass is 32.1. The number of ether oxygens (including phenoxy) is 1. The van der Waals surface area contributed by atoms with Gasteiger partial charge >= 0.3 is 0 Å². The molecule has 0 aliphatic carbocycles. The van der Waals surface area contributed by atoms with Gasteiger partial charge in [0.1, 0.15) is 5.75 Å². The van der Waals surface area contributed by atoms with Gasteiger partial charge in [0.15, 0.2) is 0 Å². The van der Waals surface area contributed by atoms with Gasteiger partial charge in [-0.15, -0.1) is 0 Å². The summed E-state index contributed by atoms with van der Waals surface area (Å²) in [4.78, 5) is 0. The molecular weight excluding hydrogens is 168 g/mol. The maximum absolute atomic E-state index is 5.57. The number of rotatable bonds is 3. The molecule has 0 aliphatic heterocycles. The average Bonchev–Trinajstić information content (AvgIpc) is 2.04. The molecule has 1 radical (unpaired) electrons. The molecule has 0 atom stereocenters. The Kier molecular flexibility index (Phi) is 3.48. The first-order valence-corrected chi connectivity index (χ1v) is 4.64. The molecule has 0 spiro atoms. The fraction of sp³-hybridized carbons (Fsp3) is 0.400. The topological polar surface area (TPSA) is 9.23 Å². The fourth-order valence-electron chi connectivity index (χ4n) is 0.992. The van der Waals surface area contributed by atoms with Gasteiger partial charge in [0.2, 0.25) is 0 Å². The minimum Gasteiger partial charge on any atom is -0.491 e. The average molecular weight is 181 g/mol. The highest BCUT2D eigenvalue weighted by Gasteiger charge is 2.02. The van der Waals surface area contributed by atoms with E-state index in [9.17, 15) is 0 Å². The zero-order valence-electron chi connectivity index (χ0n) is 7.41. The molecule has 1 aromatic carbocycles. The van der Waals surface area contributed by atoms with Crippen LogP contribution in [0, 0.1) is 0 Å². The zero-order chi connectivity index (χ0) is 8.97. The van der Waals surface area contributed by atoms with Crippen molar-refractivity contribution in [2.24, 2.45) is 0 Å². The van der Waals surface area contributed by atoms with E-state index in [0.717, 1.165) is 11.3 Å². The van der Waals surface area contributed by atoms with Gasteiger partial charge in [0.05, 0.1) is 6.10 Å². The summed E-state index contributed by atoms with van der Waals surface area (Å²) in [5, 5.41) is 0. The largest absolute Gasteiger partial charge is 0.491 e. The molecule has 0 saturated carbocycles. The summed E-state index contributed by atoms with van der Waals surface area (Å²) in [5.41, 5.74) is 1.10. The fourth-order valence-corrected chi connectivity index (χ4v) is 1.23. The van der Waals surface area contributed by atoms with Crippen LogP contribution in [0.5, 0.6) is 5.75 Å². The Morgan fingerprint density at radius 2 is 2.00 bits per heavy atom. The molecule has 0 amide bonds. The Morgan fingerprint density at radius 3 is 2.58 bits per heavy atom. The van der Waals surface area contributed by atoms with Crippen LogP contribution in [0.4, 0.5) is 0 Å². The Labute approximate surface area is 79.2 Å². The molecule has 0 N–H and O–H groups in total. The lowest BCUT2D eigenvalue weighted by Gasteiger charge is -2.12. The van der Waals surface area contributed by atoms with Crippen molar-refractivity contribution in [3.63, 3.8) is 0 Å². The molecule has 0 aliphatic rings. The summed E-state index contributed by atoms with van der Waals surface area (Å²) in [7, 11) is 0. The summed E-state index contributed by atoms with van der Waals surface area (Å²) in [6.45, 7) is 4.03. The van der Waals surface area contributed by atoms with Gasteiger partial charge in [-0.2, -0.15) is 0 Å². The van der Waals surface area contributed by atoms with Crippen molar-refractivity contribution < 1.29 is 4.74 Å². The Bertz CT molecular complexity index is 245. The maximum atomic E-state index is 5.57. The first kappa shape index (κ1) is 9.46. The SMILES string of the molecule is CC(C)Oc1ccccc1C[S]. The predicted octanol–water partition coefficient (Wildman–Crippen LogP) is 3.17. The second-order valence-electron chi connectivity index (χ2n) is 2.92. The molecule has 1 rings (SSSR count). The molecule has 0 aromatic heterocycles. The smallest absolute Gasteiger partial charge is 0.123 e. The summed E-state index contributed by atoms with van der Waals surface area (Å²) >= 11 is 4.98. The lowest BCUT2D eigenvalue weighted by atomic mass is 10.2. The van der Waals surface area contributed by atoms with Gasteiger partial charge in [-0.05, 0) is 19.9 Å². The molecule has 12 heavy (non-hydrogen) atoms. The number of hydrogen-bond acceptors (Lipinski definition) is 1. The first-order chi connectivity index (χ1) is 5.74. The number of benzene rings is 1. The summed E-state index contributed by atoms with van der Waals surface area (Å²) in [6, 6.07) is 7.91. The van der Waals surface area contributed by atoms with E-state index in [0.29, 0.717) is 5.75 Å². The van der Waals surface area contributed by atoms with Crippen LogP contribution in [-0.4, -0.2) is 6.10 Å². The first-order valence-electron chi connectivity index (χ1n) is 4.06. The number of hydrogen-bond donors (Lipinski definition) is 0. The normalized spacial score (nSPS) is 10.3. The third-order valence-corrected chi connectivity index (χ3v) is 1.80. The van der Waals surface area contributed by atoms with Gasteiger partial charge in [0.25, 0.3) is 0 Å². The minimum absolute atomic E-state index is 0.215. The molecule has 0 unspecified atom stereocenters. The molecule has 1 aromatic rings. The van der Waals surface area contributed by atoms with E-state index in [4.69, 9.17) is 17.4 Å². The molecule has 0 saturated heterocycles. The second kappa shape index (κ2) is 4.41. The molecule has 0 bridgehead atoms. The highest BCUT2D eigenvalue weighted by Crippen LogP contribution is 2.20. The van der Waals surface area contributed by atoms with Crippen molar-refractivity contribution >= 4 is 12.6 Å². The van der Waals surface area contributed by atoms with E-state index in [2.05, 4.69) is 0 Å². The van der Waals surface area contributed by atoms with Crippen molar-refractivity contribution in [3.8, 4) is 5.75 Å². The monoisotopic (exact) mass is 181 g/mol. The summed E-state index contributed by atoms with van der Waals surface area (Å²) < 4.78 is 5.57. The van der Waals surface area contributed by atoms with E-state index in [1.165, 1.54) is 0 Å². The van der Waals surface area contributed by atoms with Crippen LogP contribution in [0.1, 0.15) is 19.4 Å². The van der Waals surface area contributed by atoms with Crippen LogP contribution < -0.4 is 4.74 Å². The van der Waals surface area contributed by atoms with E-state index < -0.39 is 0 Å². The van der Waals surface area contributed by atoms with Crippen LogP contribution in [0.15, 0.2) is 24.3 Å². The van der Waals surface area contributed by atoms with Crippen molar-refractivity contribution in [1.29, 1.82) is 0 Å². The predicted molar refractivity (Wildman–Crippen MR) is 53.5 cm³/mol. The minimum atomic E-state index is 0.215. The van der Waals surface area contributed by atoms with Crippen LogP contribution in [0.3, 0.4) is 0 Å². The van der Waals surface area contributed by atoms with E-state index >= 15 is 0 Å². The third-order valence-electron chi connectivity index (χ3n) is 1.49. The maximum Gasteiger partial charge on any atom is 0.123 e. The Morgan fingerprint density at radius 1 is 1.33 bits per heavy atom. The lowest BCUT2D eigenvalue weighted by Crippen LogP contribution is -2.06. The van der Waals surface area contributed by atoms with Gasteiger partial charge in [-0.3, -0.25) is 0 Å². The van der Waals surface area contributed by atoms with E-state index in [-0.39, 0.29) is 6.10 Å². The Hall–Kier alpha value is -0.630. The van der Waals surface area contributed by atoms with E-state index in [1.54, 1.807) is 0 Å². The standard InChI is InChI=1S/C10H13OS/c1-8(2)11-10-6-4-3-5-9(10)7-12/h3-6,8H,7H2,1-2H3. The molecular formula is C10H13OS. The lowest BCUT2D eigenvalue weighted by molar-refractivity contribution is 0.240. The van der Waals surface area contributed by atoms with Gasteiger partial charge in [-0.25, -0.2) is 0 Å². The molecule has 0 fully saturated rings. The second-order valence-corrected chi connectivity index (χ2v) is 3.21. The van der Waals surface area contributed by atoms with Crippen LogP contribution in [0.25, 0.3) is 0 Å². The van der Waals surface area contributed by atoms with Gasteiger partial charge < -0.3 is 4.74 Å². The summed E-state index contributed by atoms with van der Waals surface area (Å²) in [5.74, 6) is 1.53. The van der Waals surface area contributed by atoms with Crippen LogP contribution in [0.2, 0.25) is 0 Å². The van der Waals surface area contributed by atoms with Crippen LogP contribution in [-0.2, 0) is 5.75 Å². The third kappa shape index (κ3) is 2.45. The highest BCUT2D eigenvalue weighted by molar-refractivity contribution is 7.79. The van der Waals surface area contributed by atoms with Crippen molar-refractivity contribution in [3.05, 3.63) is 29.8 Å². The quantitative estimate of drug-likeness (QED) is 0.696. The summed E-state index contributed by atoms with van der Waals surface area (Å²) in [6.07, 6.45) is 0.215. The zero-order valence-corrected chi connectivity index (χ0v) is 8.23. The number of para-hydroxylation sites is 1. The molecule has 1 nitrogen and oxygen atoms in total. The molecule has 2 heteroatoms. The van der Waals surface area contributed by atoms with Crippen molar-refractivity contribution in [2.75, 3.05) is 0 Å². The van der Waals surface area contributed by atoms with Crippen molar-refractivity contribution in [1.82, 2.24) is 0 Å². The van der Waals surface area contributed by atoms with Gasteiger partial charge in [0, 0.05) is 11.3 Å².